The minimum Gasteiger partial charge on any atom is -0.0622 e. The Morgan fingerprint density at radius 1 is 0.833 bits per heavy atom. The van der Waals surface area contributed by atoms with E-state index in [0.717, 1.165) is 17.8 Å². The summed E-state index contributed by atoms with van der Waals surface area (Å²) in [6.07, 6.45) is 12.3. The highest BCUT2D eigenvalue weighted by Crippen LogP contribution is 2.39. The third kappa shape index (κ3) is 1.84. The van der Waals surface area contributed by atoms with Crippen LogP contribution < -0.4 is 0 Å². The fourth-order valence-electron chi connectivity index (χ4n) is 3.32. The Labute approximate surface area is 76.7 Å². The van der Waals surface area contributed by atoms with Crippen molar-refractivity contribution in [3.63, 3.8) is 0 Å². The number of rotatable bonds is 0. The van der Waals surface area contributed by atoms with E-state index in [9.17, 15) is 0 Å². The molecule has 3 atom stereocenters. The van der Waals surface area contributed by atoms with Gasteiger partial charge in [0.1, 0.15) is 0 Å². The van der Waals surface area contributed by atoms with Crippen molar-refractivity contribution >= 4 is 0 Å². The monoisotopic (exact) mass is 166 g/mol. The molecule has 0 radical (unpaired) electrons. The van der Waals surface area contributed by atoms with E-state index < -0.39 is 0 Å². The summed E-state index contributed by atoms with van der Waals surface area (Å²) in [5.41, 5.74) is 0. The molecule has 0 heteroatoms. The maximum absolute atomic E-state index is 2.49. The summed E-state index contributed by atoms with van der Waals surface area (Å²) in [5.74, 6) is 3.23. The van der Waals surface area contributed by atoms with Crippen LogP contribution in [0.5, 0.6) is 0 Å². The Kier molecular flexibility index (Phi) is 2.73. The predicted molar refractivity (Wildman–Crippen MR) is 53.1 cm³/mol. The van der Waals surface area contributed by atoms with E-state index in [1.165, 1.54) is 38.5 Å². The summed E-state index contributed by atoms with van der Waals surface area (Å²) in [5, 5.41) is 0. The van der Waals surface area contributed by atoms with Gasteiger partial charge in [0.15, 0.2) is 0 Å². The molecule has 2 bridgehead atoms. The van der Waals surface area contributed by atoms with Crippen LogP contribution in [0.15, 0.2) is 0 Å². The Hall–Kier alpha value is 0. The van der Waals surface area contributed by atoms with Crippen molar-refractivity contribution in [2.75, 3.05) is 0 Å². The van der Waals surface area contributed by atoms with Gasteiger partial charge in [-0.2, -0.15) is 0 Å². The minimum absolute atomic E-state index is 1.04. The van der Waals surface area contributed by atoms with Gasteiger partial charge >= 0.3 is 0 Å². The summed E-state index contributed by atoms with van der Waals surface area (Å²) < 4.78 is 0. The van der Waals surface area contributed by atoms with Crippen LogP contribution in [0, 0.1) is 17.8 Å². The summed E-state index contributed by atoms with van der Waals surface area (Å²) in [4.78, 5) is 0. The molecule has 2 saturated carbocycles. The molecule has 0 amide bonds. The number of hydrogen-bond donors (Lipinski definition) is 0. The minimum atomic E-state index is 1.04. The molecule has 2 aliphatic rings. The van der Waals surface area contributed by atoms with Crippen LogP contribution in [0.4, 0.5) is 0 Å². The van der Waals surface area contributed by atoms with Crippen LogP contribution in [0.1, 0.15) is 58.3 Å². The Morgan fingerprint density at radius 2 is 1.50 bits per heavy atom. The molecule has 0 saturated heterocycles. The standard InChI is InChI=1S/C12H22/c1-10-9-11-5-2-3-7-12(10)8-4-6-11/h10-12H,2-9H2,1H3. The van der Waals surface area contributed by atoms with Gasteiger partial charge in [0, 0.05) is 0 Å². The lowest BCUT2D eigenvalue weighted by atomic mass is 9.80. The normalized spacial score (nSPS) is 43.2. The quantitative estimate of drug-likeness (QED) is 0.510. The van der Waals surface area contributed by atoms with Crippen molar-refractivity contribution in [1.29, 1.82) is 0 Å². The summed E-state index contributed by atoms with van der Waals surface area (Å²) >= 11 is 0. The second-order valence-corrected chi connectivity index (χ2v) is 5.05. The maximum Gasteiger partial charge on any atom is -0.0388 e. The molecule has 0 heterocycles. The average Bonchev–Trinajstić information content (AvgIpc) is 2.18. The van der Waals surface area contributed by atoms with Crippen molar-refractivity contribution in [3.8, 4) is 0 Å². The van der Waals surface area contributed by atoms with Gasteiger partial charge in [-0.1, -0.05) is 51.9 Å². The first kappa shape index (κ1) is 8.59. The zero-order valence-electron chi connectivity index (χ0n) is 8.39. The molecule has 0 aromatic rings. The van der Waals surface area contributed by atoms with Gasteiger partial charge in [-0.05, 0) is 24.2 Å². The SMILES string of the molecule is CC1CC2CCCCC1CCC2. The van der Waals surface area contributed by atoms with Crippen molar-refractivity contribution in [2.24, 2.45) is 17.8 Å². The van der Waals surface area contributed by atoms with E-state index in [1.54, 1.807) is 12.8 Å². The third-order valence-electron chi connectivity index (χ3n) is 4.13. The fourth-order valence-corrected chi connectivity index (χ4v) is 3.32. The maximum atomic E-state index is 2.49. The zero-order valence-corrected chi connectivity index (χ0v) is 8.39. The molecule has 0 N–H and O–H groups in total. The highest BCUT2D eigenvalue weighted by molar-refractivity contribution is 4.78. The van der Waals surface area contributed by atoms with E-state index in [4.69, 9.17) is 0 Å². The first-order valence-corrected chi connectivity index (χ1v) is 5.86. The lowest BCUT2D eigenvalue weighted by Crippen LogP contribution is -2.14. The Balaban J connectivity index is 2.04. The van der Waals surface area contributed by atoms with Gasteiger partial charge in [-0.3, -0.25) is 0 Å². The Morgan fingerprint density at radius 3 is 2.42 bits per heavy atom. The van der Waals surface area contributed by atoms with Crippen molar-refractivity contribution in [3.05, 3.63) is 0 Å². The molecule has 0 spiro atoms. The van der Waals surface area contributed by atoms with E-state index in [2.05, 4.69) is 6.92 Å². The van der Waals surface area contributed by atoms with Crippen LogP contribution in [-0.2, 0) is 0 Å². The molecular formula is C12H22. The van der Waals surface area contributed by atoms with Gasteiger partial charge in [-0.25, -0.2) is 0 Å². The molecule has 12 heavy (non-hydrogen) atoms. The lowest BCUT2D eigenvalue weighted by molar-refractivity contribution is 0.255. The van der Waals surface area contributed by atoms with Crippen molar-refractivity contribution in [2.45, 2.75) is 58.3 Å². The summed E-state index contributed by atoms with van der Waals surface area (Å²) in [6, 6.07) is 0. The van der Waals surface area contributed by atoms with Gasteiger partial charge in [0.05, 0.1) is 0 Å². The highest BCUT2D eigenvalue weighted by Gasteiger charge is 2.26. The number of hydrogen-bond acceptors (Lipinski definition) is 0. The van der Waals surface area contributed by atoms with Crippen molar-refractivity contribution < 1.29 is 0 Å². The summed E-state index contributed by atoms with van der Waals surface area (Å²) in [7, 11) is 0. The zero-order chi connectivity index (χ0) is 8.39. The van der Waals surface area contributed by atoms with Gasteiger partial charge in [0.2, 0.25) is 0 Å². The largest absolute Gasteiger partial charge is 0.0622 e. The smallest absolute Gasteiger partial charge is 0.0388 e. The van der Waals surface area contributed by atoms with E-state index in [1.807, 2.05) is 0 Å². The molecule has 0 aliphatic heterocycles. The first-order chi connectivity index (χ1) is 5.86. The van der Waals surface area contributed by atoms with Crippen LogP contribution in [0.2, 0.25) is 0 Å². The second-order valence-electron chi connectivity index (χ2n) is 5.05. The molecule has 0 aromatic carbocycles. The van der Waals surface area contributed by atoms with Gasteiger partial charge < -0.3 is 0 Å². The fraction of sp³-hybridized carbons (Fsp3) is 1.00. The van der Waals surface area contributed by atoms with Gasteiger partial charge in [-0.15, -0.1) is 0 Å². The number of fused-ring (bicyclic) bond motifs is 3. The molecule has 70 valence electrons. The Bertz CT molecular complexity index is 135. The highest BCUT2D eigenvalue weighted by atomic mass is 14.3. The molecule has 2 fully saturated rings. The second kappa shape index (κ2) is 3.81. The first-order valence-electron chi connectivity index (χ1n) is 5.86. The van der Waals surface area contributed by atoms with Crippen LogP contribution in [0.25, 0.3) is 0 Å². The molecule has 3 unspecified atom stereocenters. The van der Waals surface area contributed by atoms with E-state index in [-0.39, 0.29) is 0 Å². The van der Waals surface area contributed by atoms with Crippen LogP contribution in [-0.4, -0.2) is 0 Å². The topological polar surface area (TPSA) is 0 Å². The molecule has 2 rings (SSSR count). The summed E-state index contributed by atoms with van der Waals surface area (Å²) in [6.45, 7) is 2.49. The molecular weight excluding hydrogens is 144 g/mol. The predicted octanol–water partition coefficient (Wildman–Crippen LogP) is 4.00. The molecule has 0 aromatic heterocycles. The van der Waals surface area contributed by atoms with Gasteiger partial charge in [0.25, 0.3) is 0 Å². The van der Waals surface area contributed by atoms with Crippen LogP contribution in [0.3, 0.4) is 0 Å². The van der Waals surface area contributed by atoms with Crippen LogP contribution >= 0.6 is 0 Å². The van der Waals surface area contributed by atoms with E-state index >= 15 is 0 Å². The molecule has 0 nitrogen and oxygen atoms in total. The lowest BCUT2D eigenvalue weighted by Gasteiger charge is -2.26. The third-order valence-corrected chi connectivity index (χ3v) is 4.13. The average molecular weight is 166 g/mol. The van der Waals surface area contributed by atoms with Crippen molar-refractivity contribution in [1.82, 2.24) is 0 Å². The molecule has 2 aliphatic carbocycles. The van der Waals surface area contributed by atoms with E-state index in [0.29, 0.717) is 0 Å².